The van der Waals surface area contributed by atoms with E-state index in [-0.39, 0.29) is 0 Å². The van der Waals surface area contributed by atoms with Crippen molar-refractivity contribution in [3.05, 3.63) is 34.8 Å². The van der Waals surface area contributed by atoms with E-state index in [1.54, 1.807) is 25.8 Å². The van der Waals surface area contributed by atoms with E-state index in [2.05, 4.69) is 31.2 Å². The standard InChI is InChI=1S/C11H13BrN4O/c1-13-11-14-5-9(12)10(15-11)16(2)6-8-3-4-17-7-8/h3-5,7H,6H2,1-2H3,(H,13,14,15). The highest BCUT2D eigenvalue weighted by Gasteiger charge is 2.10. The Kier molecular flexibility index (Phi) is 3.63. The number of nitrogens with zero attached hydrogens (tertiary/aromatic N) is 3. The first-order chi connectivity index (χ1) is 8.20. The molecule has 2 rings (SSSR count). The molecule has 90 valence electrons. The van der Waals surface area contributed by atoms with Crippen LogP contribution < -0.4 is 10.2 Å². The average Bonchev–Trinajstić information content (AvgIpc) is 2.82. The van der Waals surface area contributed by atoms with Gasteiger partial charge in [-0.1, -0.05) is 0 Å². The van der Waals surface area contributed by atoms with Gasteiger partial charge >= 0.3 is 0 Å². The summed E-state index contributed by atoms with van der Waals surface area (Å²) < 4.78 is 5.91. The Morgan fingerprint density at radius 3 is 3.00 bits per heavy atom. The first-order valence-corrected chi connectivity index (χ1v) is 5.92. The maximum atomic E-state index is 5.04. The summed E-state index contributed by atoms with van der Waals surface area (Å²) in [4.78, 5) is 10.5. The van der Waals surface area contributed by atoms with Crippen LogP contribution >= 0.6 is 15.9 Å². The van der Waals surface area contributed by atoms with Gasteiger partial charge in [0.05, 0.1) is 17.0 Å². The van der Waals surface area contributed by atoms with E-state index in [1.165, 1.54) is 0 Å². The summed E-state index contributed by atoms with van der Waals surface area (Å²) in [5, 5.41) is 2.92. The molecule has 0 radical (unpaired) electrons. The van der Waals surface area contributed by atoms with Crippen molar-refractivity contribution in [1.29, 1.82) is 0 Å². The molecule has 0 aliphatic heterocycles. The number of hydrogen-bond donors (Lipinski definition) is 1. The molecule has 0 bridgehead atoms. The molecule has 0 aliphatic carbocycles. The fourth-order valence-corrected chi connectivity index (χ4v) is 1.97. The van der Waals surface area contributed by atoms with E-state index >= 15 is 0 Å². The molecule has 0 atom stereocenters. The van der Waals surface area contributed by atoms with Gasteiger partial charge in [0.15, 0.2) is 0 Å². The second-order valence-electron chi connectivity index (χ2n) is 3.60. The van der Waals surface area contributed by atoms with Crippen LogP contribution in [-0.4, -0.2) is 24.1 Å². The summed E-state index contributed by atoms with van der Waals surface area (Å²) >= 11 is 3.45. The Bertz CT molecular complexity index is 486. The molecular formula is C11H13BrN4O. The van der Waals surface area contributed by atoms with Crippen LogP contribution in [-0.2, 0) is 6.54 Å². The predicted octanol–water partition coefficient (Wildman–Crippen LogP) is 2.51. The second-order valence-corrected chi connectivity index (χ2v) is 4.46. The Hall–Kier alpha value is -1.56. The molecule has 0 aromatic carbocycles. The third-order valence-corrected chi connectivity index (χ3v) is 2.87. The lowest BCUT2D eigenvalue weighted by Crippen LogP contribution is -2.18. The summed E-state index contributed by atoms with van der Waals surface area (Å²) in [6.45, 7) is 0.731. The van der Waals surface area contributed by atoms with Gasteiger partial charge in [-0.15, -0.1) is 0 Å². The lowest BCUT2D eigenvalue weighted by atomic mass is 10.3. The number of furan rings is 1. The summed E-state index contributed by atoms with van der Waals surface area (Å²) in [6, 6.07) is 1.94. The number of anilines is 2. The summed E-state index contributed by atoms with van der Waals surface area (Å²) in [5.41, 5.74) is 1.10. The Morgan fingerprint density at radius 2 is 2.35 bits per heavy atom. The van der Waals surface area contributed by atoms with Gasteiger partial charge in [0.1, 0.15) is 5.82 Å². The molecule has 0 fully saturated rings. The van der Waals surface area contributed by atoms with Crippen molar-refractivity contribution >= 4 is 27.7 Å². The normalized spacial score (nSPS) is 10.3. The van der Waals surface area contributed by atoms with Crippen molar-refractivity contribution in [2.75, 3.05) is 24.3 Å². The lowest BCUT2D eigenvalue weighted by molar-refractivity contribution is 0.563. The van der Waals surface area contributed by atoms with E-state index < -0.39 is 0 Å². The van der Waals surface area contributed by atoms with Crippen LogP contribution in [0.3, 0.4) is 0 Å². The first-order valence-electron chi connectivity index (χ1n) is 5.13. The number of aromatic nitrogens is 2. The second kappa shape index (κ2) is 5.18. The predicted molar refractivity (Wildman–Crippen MR) is 70.1 cm³/mol. The molecule has 0 aliphatic rings. The van der Waals surface area contributed by atoms with Crippen LogP contribution in [0, 0.1) is 0 Å². The molecule has 6 heteroatoms. The average molecular weight is 297 g/mol. The quantitative estimate of drug-likeness (QED) is 0.939. The van der Waals surface area contributed by atoms with Gasteiger partial charge in [-0.3, -0.25) is 0 Å². The maximum Gasteiger partial charge on any atom is 0.224 e. The number of nitrogens with one attached hydrogen (secondary N) is 1. The molecule has 2 aromatic heterocycles. The van der Waals surface area contributed by atoms with Gasteiger partial charge in [-0.25, -0.2) is 4.98 Å². The van der Waals surface area contributed by atoms with Gasteiger partial charge in [-0.2, -0.15) is 4.98 Å². The lowest BCUT2D eigenvalue weighted by Gasteiger charge is -2.18. The molecule has 2 aromatic rings. The van der Waals surface area contributed by atoms with Crippen molar-refractivity contribution in [2.24, 2.45) is 0 Å². The van der Waals surface area contributed by atoms with Crippen LogP contribution in [0.25, 0.3) is 0 Å². The topological polar surface area (TPSA) is 54.2 Å². The molecule has 2 heterocycles. The Morgan fingerprint density at radius 1 is 1.53 bits per heavy atom. The molecule has 1 N–H and O–H groups in total. The molecule has 0 amide bonds. The molecule has 0 saturated carbocycles. The van der Waals surface area contributed by atoms with E-state index in [0.717, 1.165) is 22.4 Å². The number of hydrogen-bond acceptors (Lipinski definition) is 5. The van der Waals surface area contributed by atoms with Crippen molar-refractivity contribution in [2.45, 2.75) is 6.54 Å². The van der Waals surface area contributed by atoms with Crippen molar-refractivity contribution in [3.63, 3.8) is 0 Å². The summed E-state index contributed by atoms with van der Waals surface area (Å²) in [6.07, 6.45) is 5.13. The smallest absolute Gasteiger partial charge is 0.224 e. The molecule has 0 unspecified atom stereocenters. The van der Waals surface area contributed by atoms with Crippen LogP contribution in [0.1, 0.15) is 5.56 Å². The van der Waals surface area contributed by atoms with Crippen LogP contribution in [0.2, 0.25) is 0 Å². The van der Waals surface area contributed by atoms with E-state index in [0.29, 0.717) is 5.95 Å². The van der Waals surface area contributed by atoms with Crippen LogP contribution in [0.5, 0.6) is 0 Å². The van der Waals surface area contributed by atoms with Crippen molar-refractivity contribution in [3.8, 4) is 0 Å². The zero-order valence-corrected chi connectivity index (χ0v) is 11.2. The minimum absolute atomic E-state index is 0.599. The SMILES string of the molecule is CNc1ncc(Br)c(N(C)Cc2ccoc2)n1. The fraction of sp³-hybridized carbons (Fsp3) is 0.273. The highest BCUT2D eigenvalue weighted by atomic mass is 79.9. The summed E-state index contributed by atoms with van der Waals surface area (Å²) in [7, 11) is 3.77. The molecular weight excluding hydrogens is 284 g/mol. The van der Waals surface area contributed by atoms with Crippen molar-refractivity contribution < 1.29 is 4.42 Å². The monoisotopic (exact) mass is 296 g/mol. The fourth-order valence-electron chi connectivity index (χ4n) is 1.48. The molecule has 5 nitrogen and oxygen atoms in total. The number of rotatable bonds is 4. The van der Waals surface area contributed by atoms with E-state index in [4.69, 9.17) is 4.42 Å². The molecule has 17 heavy (non-hydrogen) atoms. The third kappa shape index (κ3) is 2.76. The minimum Gasteiger partial charge on any atom is -0.472 e. The van der Waals surface area contributed by atoms with Crippen molar-refractivity contribution in [1.82, 2.24) is 9.97 Å². The van der Waals surface area contributed by atoms with Gasteiger partial charge < -0.3 is 14.6 Å². The zero-order valence-electron chi connectivity index (χ0n) is 9.64. The minimum atomic E-state index is 0.599. The van der Waals surface area contributed by atoms with E-state index in [9.17, 15) is 0 Å². The van der Waals surface area contributed by atoms with Crippen LogP contribution in [0.15, 0.2) is 33.7 Å². The number of halogens is 1. The largest absolute Gasteiger partial charge is 0.472 e. The highest BCUT2D eigenvalue weighted by Crippen LogP contribution is 2.24. The van der Waals surface area contributed by atoms with Gasteiger partial charge in [-0.05, 0) is 22.0 Å². The van der Waals surface area contributed by atoms with Crippen LogP contribution in [0.4, 0.5) is 11.8 Å². The maximum absolute atomic E-state index is 5.04. The Labute approximate surface area is 108 Å². The van der Waals surface area contributed by atoms with Gasteiger partial charge in [0.2, 0.25) is 5.95 Å². The highest BCUT2D eigenvalue weighted by molar-refractivity contribution is 9.10. The zero-order chi connectivity index (χ0) is 12.3. The first kappa shape index (κ1) is 11.9. The van der Waals surface area contributed by atoms with Gasteiger partial charge in [0, 0.05) is 32.4 Å². The third-order valence-electron chi connectivity index (χ3n) is 2.31. The molecule has 0 spiro atoms. The van der Waals surface area contributed by atoms with E-state index in [1.807, 2.05) is 18.0 Å². The molecule has 0 saturated heterocycles. The Balaban J connectivity index is 2.20. The van der Waals surface area contributed by atoms with Gasteiger partial charge in [0.25, 0.3) is 0 Å². The summed E-state index contributed by atoms with van der Waals surface area (Å²) in [5.74, 6) is 1.44.